The first-order valence-electron chi connectivity index (χ1n) is 8.21. The average molecular weight is 404 g/mol. The maximum Gasteiger partial charge on any atom is 0.251 e. The third-order valence-corrected chi connectivity index (χ3v) is 6.59. The van der Waals surface area contributed by atoms with Crippen molar-refractivity contribution < 1.29 is 4.79 Å². The van der Waals surface area contributed by atoms with Gasteiger partial charge in [0.2, 0.25) is 0 Å². The number of hydrogen-bond donors (Lipinski definition) is 1. The summed E-state index contributed by atoms with van der Waals surface area (Å²) in [5.74, 6) is 0.810. The molecule has 7 heteroatoms. The number of thiophene rings is 1. The molecule has 0 aliphatic rings. The maximum atomic E-state index is 12.5. The van der Waals surface area contributed by atoms with E-state index in [0.717, 1.165) is 16.3 Å². The molecule has 3 rings (SSSR count). The lowest BCUT2D eigenvalue weighted by Crippen LogP contribution is -2.34. The highest BCUT2D eigenvalue weighted by molar-refractivity contribution is 7.98. The molecule has 26 heavy (non-hydrogen) atoms. The molecule has 3 aromatic rings. The van der Waals surface area contributed by atoms with Gasteiger partial charge in [0.25, 0.3) is 5.91 Å². The van der Waals surface area contributed by atoms with Crippen LogP contribution in [0.1, 0.15) is 27.0 Å². The first-order valence-corrected chi connectivity index (χ1v) is 11.0. The van der Waals surface area contributed by atoms with Crippen molar-refractivity contribution in [1.82, 2.24) is 15.2 Å². The van der Waals surface area contributed by atoms with Crippen LogP contribution in [-0.2, 0) is 5.75 Å². The first-order chi connectivity index (χ1) is 12.6. The normalized spacial score (nSPS) is 12.3. The summed E-state index contributed by atoms with van der Waals surface area (Å²) >= 11 is 5.05. The Labute approximate surface area is 166 Å². The van der Waals surface area contributed by atoms with Crippen LogP contribution < -0.4 is 5.32 Å². The molecule has 4 nitrogen and oxygen atoms in total. The second kappa shape index (κ2) is 9.32. The van der Waals surface area contributed by atoms with Crippen LogP contribution in [0.3, 0.4) is 0 Å². The van der Waals surface area contributed by atoms with Crippen LogP contribution in [0.4, 0.5) is 0 Å². The standard InChI is InChI=1S/C19H21N3OS3/c1-22(2)17(18-4-3-9-25-18)10-20-19(23)14-5-7-16(8-6-14)26-12-15-11-24-13-21-15/h3-9,11,13,17H,10,12H2,1-2H3,(H,20,23). The average Bonchev–Trinajstić information content (AvgIpc) is 3.34. The number of likely N-dealkylation sites (N-methyl/N-ethyl adjacent to an activating group) is 1. The number of rotatable bonds is 8. The van der Waals surface area contributed by atoms with E-state index in [2.05, 4.69) is 32.0 Å². The summed E-state index contributed by atoms with van der Waals surface area (Å²) in [5, 5.41) is 7.18. The lowest BCUT2D eigenvalue weighted by atomic mass is 10.2. The number of aromatic nitrogens is 1. The number of nitrogens with one attached hydrogen (secondary N) is 1. The summed E-state index contributed by atoms with van der Waals surface area (Å²) in [4.78, 5) is 21.3. The molecule has 0 bridgehead atoms. The zero-order chi connectivity index (χ0) is 18.4. The number of amides is 1. The molecule has 136 valence electrons. The van der Waals surface area contributed by atoms with Gasteiger partial charge in [0.15, 0.2) is 0 Å². The molecule has 0 fully saturated rings. The molecule has 1 aromatic carbocycles. The molecule has 1 atom stereocenters. The number of carbonyl (C=O) groups excluding carboxylic acids is 1. The first kappa shape index (κ1) is 19.1. The van der Waals surface area contributed by atoms with E-state index in [1.807, 2.05) is 49.9 Å². The molecule has 0 saturated heterocycles. The Morgan fingerprint density at radius 1 is 1.27 bits per heavy atom. The topological polar surface area (TPSA) is 45.2 Å². The van der Waals surface area contributed by atoms with Gasteiger partial charge in [-0.2, -0.15) is 0 Å². The molecule has 1 unspecified atom stereocenters. The van der Waals surface area contributed by atoms with Gasteiger partial charge in [0.1, 0.15) is 0 Å². The van der Waals surface area contributed by atoms with Crippen molar-refractivity contribution in [3.05, 3.63) is 68.8 Å². The highest BCUT2D eigenvalue weighted by Gasteiger charge is 2.16. The van der Waals surface area contributed by atoms with Crippen molar-refractivity contribution in [1.29, 1.82) is 0 Å². The molecule has 0 aliphatic heterocycles. The van der Waals surface area contributed by atoms with Gasteiger partial charge < -0.3 is 10.2 Å². The monoisotopic (exact) mass is 403 g/mol. The predicted molar refractivity (Wildman–Crippen MR) is 111 cm³/mol. The highest BCUT2D eigenvalue weighted by Crippen LogP contribution is 2.24. The van der Waals surface area contributed by atoms with Crippen molar-refractivity contribution in [2.24, 2.45) is 0 Å². The number of carbonyl (C=O) groups is 1. The third kappa shape index (κ3) is 5.17. The van der Waals surface area contributed by atoms with Crippen LogP contribution in [0.15, 0.2) is 57.6 Å². The largest absolute Gasteiger partial charge is 0.350 e. The number of thiazole rings is 1. The summed E-state index contributed by atoms with van der Waals surface area (Å²) in [5.41, 5.74) is 3.62. The molecule has 0 aliphatic carbocycles. The number of hydrogen-bond acceptors (Lipinski definition) is 6. The summed E-state index contributed by atoms with van der Waals surface area (Å²) in [6, 6.07) is 12.1. The van der Waals surface area contributed by atoms with Crippen molar-refractivity contribution >= 4 is 40.3 Å². The van der Waals surface area contributed by atoms with Crippen molar-refractivity contribution in [2.75, 3.05) is 20.6 Å². The van der Waals surface area contributed by atoms with Crippen molar-refractivity contribution in [3.8, 4) is 0 Å². The van der Waals surface area contributed by atoms with Gasteiger partial charge in [-0.1, -0.05) is 6.07 Å². The maximum absolute atomic E-state index is 12.5. The van der Waals surface area contributed by atoms with Crippen LogP contribution in [0.5, 0.6) is 0 Å². The van der Waals surface area contributed by atoms with E-state index in [-0.39, 0.29) is 11.9 Å². The van der Waals surface area contributed by atoms with E-state index < -0.39 is 0 Å². The number of nitrogens with zero attached hydrogens (tertiary/aromatic N) is 2. The Kier molecular flexibility index (Phi) is 6.85. The minimum absolute atomic E-state index is 0.0375. The van der Waals surface area contributed by atoms with Gasteiger partial charge in [-0.3, -0.25) is 4.79 Å². The fraction of sp³-hybridized carbons (Fsp3) is 0.263. The van der Waals surface area contributed by atoms with Gasteiger partial charge >= 0.3 is 0 Å². The summed E-state index contributed by atoms with van der Waals surface area (Å²) < 4.78 is 0. The van der Waals surface area contributed by atoms with Crippen molar-refractivity contribution in [2.45, 2.75) is 16.7 Å². The van der Waals surface area contributed by atoms with Crippen LogP contribution in [-0.4, -0.2) is 36.4 Å². The molecule has 2 aromatic heterocycles. The second-order valence-corrected chi connectivity index (χ2v) is 8.74. The van der Waals surface area contributed by atoms with Gasteiger partial charge in [-0.15, -0.1) is 34.4 Å². The van der Waals surface area contributed by atoms with Crippen molar-refractivity contribution in [3.63, 3.8) is 0 Å². The van der Waals surface area contributed by atoms with E-state index in [1.54, 1.807) is 34.4 Å². The highest BCUT2D eigenvalue weighted by atomic mass is 32.2. The Morgan fingerprint density at radius 2 is 2.08 bits per heavy atom. The quantitative estimate of drug-likeness (QED) is 0.561. The molecular weight excluding hydrogens is 382 g/mol. The Hall–Kier alpha value is -1.67. The van der Waals surface area contributed by atoms with E-state index in [0.29, 0.717) is 12.1 Å². The van der Waals surface area contributed by atoms with E-state index in [1.165, 1.54) is 4.88 Å². The number of benzene rings is 1. The molecule has 1 N–H and O–H groups in total. The fourth-order valence-electron chi connectivity index (χ4n) is 2.48. The minimum atomic E-state index is -0.0375. The lowest BCUT2D eigenvalue weighted by molar-refractivity contribution is 0.0942. The zero-order valence-electron chi connectivity index (χ0n) is 14.7. The van der Waals surface area contributed by atoms with Gasteiger partial charge in [0, 0.05) is 33.0 Å². The predicted octanol–water partition coefficient (Wildman–Crippen LogP) is 4.53. The minimum Gasteiger partial charge on any atom is -0.350 e. The molecule has 0 saturated carbocycles. The third-order valence-electron chi connectivity index (χ3n) is 3.94. The van der Waals surface area contributed by atoms with Crippen LogP contribution in [0, 0.1) is 0 Å². The SMILES string of the molecule is CN(C)C(CNC(=O)c1ccc(SCc2cscn2)cc1)c1cccs1. The van der Waals surface area contributed by atoms with Gasteiger partial charge in [-0.25, -0.2) is 4.98 Å². The Balaban J connectivity index is 1.54. The van der Waals surface area contributed by atoms with Crippen LogP contribution in [0.2, 0.25) is 0 Å². The van der Waals surface area contributed by atoms with Crippen LogP contribution >= 0.6 is 34.4 Å². The molecule has 2 heterocycles. The zero-order valence-corrected chi connectivity index (χ0v) is 17.2. The lowest BCUT2D eigenvalue weighted by Gasteiger charge is -2.23. The molecule has 1 amide bonds. The summed E-state index contributed by atoms with van der Waals surface area (Å²) in [7, 11) is 4.07. The molecule has 0 spiro atoms. The second-order valence-electron chi connectivity index (χ2n) is 6.00. The van der Waals surface area contributed by atoms with E-state index in [4.69, 9.17) is 0 Å². The smallest absolute Gasteiger partial charge is 0.251 e. The molecular formula is C19H21N3OS3. The van der Waals surface area contributed by atoms with E-state index >= 15 is 0 Å². The van der Waals surface area contributed by atoms with Crippen LogP contribution in [0.25, 0.3) is 0 Å². The summed E-state index contributed by atoms with van der Waals surface area (Å²) in [6.45, 7) is 0.590. The Morgan fingerprint density at radius 3 is 2.69 bits per heavy atom. The molecule has 0 radical (unpaired) electrons. The van der Waals surface area contributed by atoms with E-state index in [9.17, 15) is 4.79 Å². The number of thioether (sulfide) groups is 1. The van der Waals surface area contributed by atoms with Gasteiger partial charge in [0.05, 0.1) is 17.2 Å². The fourth-order valence-corrected chi connectivity index (χ4v) is 4.87. The summed E-state index contributed by atoms with van der Waals surface area (Å²) in [6.07, 6.45) is 0. The Bertz CT molecular complexity index is 799. The van der Waals surface area contributed by atoms with Gasteiger partial charge in [-0.05, 0) is 49.8 Å².